The number of hydrogen-bond acceptors (Lipinski definition) is 4. The molecule has 0 saturated heterocycles. The van der Waals surface area contributed by atoms with Crippen LogP contribution in [0.5, 0.6) is 5.75 Å². The highest BCUT2D eigenvalue weighted by Crippen LogP contribution is 2.13. The van der Waals surface area contributed by atoms with E-state index in [9.17, 15) is 9.90 Å². The number of hydrogen-bond donors (Lipinski definition) is 2. The van der Waals surface area contributed by atoms with Crippen LogP contribution >= 0.6 is 0 Å². The van der Waals surface area contributed by atoms with E-state index in [1.54, 1.807) is 25.1 Å². The van der Waals surface area contributed by atoms with Gasteiger partial charge in [0.1, 0.15) is 11.8 Å². The van der Waals surface area contributed by atoms with Crippen LogP contribution in [0.15, 0.2) is 24.3 Å². The molecule has 0 saturated carbocycles. The Kier molecular flexibility index (Phi) is 7.27. The van der Waals surface area contributed by atoms with E-state index in [-0.39, 0.29) is 31.0 Å². The lowest BCUT2D eigenvalue weighted by molar-refractivity contribution is -0.120. The maximum absolute atomic E-state index is 11.9. The monoisotopic (exact) mass is 290 g/mol. The Balaban J connectivity index is 2.42. The average molecular weight is 290 g/mol. The molecule has 0 aromatic heterocycles. The summed E-state index contributed by atoms with van der Waals surface area (Å²) in [6.07, 6.45) is 0.578. The number of ether oxygens (including phenoxy) is 1. The van der Waals surface area contributed by atoms with E-state index >= 15 is 0 Å². The van der Waals surface area contributed by atoms with Gasteiger partial charge in [0, 0.05) is 6.54 Å². The third-order valence-corrected chi connectivity index (χ3v) is 2.96. The summed E-state index contributed by atoms with van der Waals surface area (Å²) in [5.41, 5.74) is 0.839. The largest absolute Gasteiger partial charge is 0.479 e. The second-order valence-electron chi connectivity index (χ2n) is 5.26. The third-order valence-electron chi connectivity index (χ3n) is 2.96. The second kappa shape index (κ2) is 8.98. The van der Waals surface area contributed by atoms with Crippen molar-refractivity contribution in [2.75, 3.05) is 13.2 Å². The Morgan fingerprint density at radius 1 is 1.48 bits per heavy atom. The molecule has 1 aromatic carbocycles. The molecule has 0 aliphatic carbocycles. The zero-order valence-corrected chi connectivity index (χ0v) is 12.5. The van der Waals surface area contributed by atoms with Crippen molar-refractivity contribution < 1.29 is 14.6 Å². The molecular formula is C16H22N2O3. The van der Waals surface area contributed by atoms with Gasteiger partial charge >= 0.3 is 0 Å². The van der Waals surface area contributed by atoms with Gasteiger partial charge in [-0.25, -0.2) is 0 Å². The fourth-order valence-electron chi connectivity index (χ4n) is 2.06. The summed E-state index contributed by atoms with van der Waals surface area (Å²) in [6, 6.07) is 9.06. The predicted octanol–water partition coefficient (Wildman–Crippen LogP) is 1.65. The number of nitrogens with one attached hydrogen (secondary N) is 1. The molecule has 5 heteroatoms. The molecular weight excluding hydrogens is 268 g/mol. The molecule has 0 bridgehead atoms. The molecule has 0 fully saturated rings. The van der Waals surface area contributed by atoms with Crippen molar-refractivity contribution in [3.05, 3.63) is 29.8 Å². The Hall–Kier alpha value is -2.06. The summed E-state index contributed by atoms with van der Waals surface area (Å²) >= 11 is 0. The number of carbonyl (C=O) groups is 1. The highest BCUT2D eigenvalue weighted by atomic mass is 16.5. The van der Waals surface area contributed by atoms with Crippen LogP contribution in [0, 0.1) is 17.2 Å². The first-order chi connectivity index (χ1) is 10.0. The van der Waals surface area contributed by atoms with E-state index in [4.69, 9.17) is 10.00 Å². The minimum Gasteiger partial charge on any atom is -0.479 e. The van der Waals surface area contributed by atoms with Crippen LogP contribution < -0.4 is 10.1 Å². The topological polar surface area (TPSA) is 82.3 Å². The van der Waals surface area contributed by atoms with Crippen molar-refractivity contribution in [3.63, 3.8) is 0 Å². The van der Waals surface area contributed by atoms with Crippen LogP contribution in [0.1, 0.15) is 25.8 Å². The van der Waals surface area contributed by atoms with E-state index in [0.29, 0.717) is 18.7 Å². The van der Waals surface area contributed by atoms with Crippen LogP contribution in [0.2, 0.25) is 0 Å². The minimum atomic E-state index is -0.356. The second-order valence-corrected chi connectivity index (χ2v) is 5.26. The van der Waals surface area contributed by atoms with Crippen molar-refractivity contribution in [2.24, 2.45) is 5.92 Å². The SMILES string of the molecule is CC(O)CC(C)CNC(=O)Cc1cccc(OCC#N)c1. The molecule has 1 aromatic rings. The van der Waals surface area contributed by atoms with Crippen molar-refractivity contribution in [1.29, 1.82) is 5.26 Å². The molecule has 114 valence electrons. The van der Waals surface area contributed by atoms with Gasteiger partial charge in [-0.15, -0.1) is 0 Å². The number of amides is 1. The van der Waals surface area contributed by atoms with E-state index in [1.807, 2.05) is 19.1 Å². The molecule has 0 heterocycles. The number of carbonyl (C=O) groups excluding carboxylic acids is 1. The van der Waals surface area contributed by atoms with Crippen LogP contribution in [-0.2, 0) is 11.2 Å². The zero-order chi connectivity index (χ0) is 15.7. The Morgan fingerprint density at radius 2 is 2.24 bits per heavy atom. The normalized spacial score (nSPS) is 13.0. The fourth-order valence-corrected chi connectivity index (χ4v) is 2.06. The first-order valence-corrected chi connectivity index (χ1v) is 7.04. The maximum Gasteiger partial charge on any atom is 0.224 e. The summed E-state index contributed by atoms with van der Waals surface area (Å²) < 4.78 is 5.20. The smallest absolute Gasteiger partial charge is 0.224 e. The Labute approximate surface area is 125 Å². The molecule has 5 nitrogen and oxygen atoms in total. The molecule has 2 unspecified atom stereocenters. The number of aliphatic hydroxyl groups excluding tert-OH is 1. The first-order valence-electron chi connectivity index (χ1n) is 7.04. The van der Waals surface area contributed by atoms with Gasteiger partial charge in [0.15, 0.2) is 6.61 Å². The lowest BCUT2D eigenvalue weighted by Crippen LogP contribution is -2.30. The number of aliphatic hydroxyl groups is 1. The molecule has 21 heavy (non-hydrogen) atoms. The van der Waals surface area contributed by atoms with E-state index in [1.165, 1.54) is 0 Å². The zero-order valence-electron chi connectivity index (χ0n) is 12.5. The van der Waals surface area contributed by atoms with Crippen LogP contribution in [0.4, 0.5) is 0 Å². The Bertz CT molecular complexity index is 495. The average Bonchev–Trinajstić information content (AvgIpc) is 2.42. The van der Waals surface area contributed by atoms with Gasteiger partial charge in [-0.05, 0) is 37.0 Å². The van der Waals surface area contributed by atoms with Gasteiger partial charge in [0.05, 0.1) is 12.5 Å². The molecule has 0 aliphatic heterocycles. The highest BCUT2D eigenvalue weighted by Gasteiger charge is 2.09. The summed E-state index contributed by atoms with van der Waals surface area (Å²) in [7, 11) is 0. The van der Waals surface area contributed by atoms with Crippen LogP contribution in [0.25, 0.3) is 0 Å². The molecule has 2 atom stereocenters. The first kappa shape index (κ1) is 17.0. The van der Waals surface area contributed by atoms with Gasteiger partial charge in [-0.2, -0.15) is 5.26 Å². The Morgan fingerprint density at radius 3 is 2.90 bits per heavy atom. The molecule has 2 N–H and O–H groups in total. The van der Waals surface area contributed by atoms with Gasteiger partial charge in [-0.3, -0.25) is 4.79 Å². The van der Waals surface area contributed by atoms with Crippen molar-refractivity contribution >= 4 is 5.91 Å². The van der Waals surface area contributed by atoms with E-state index in [2.05, 4.69) is 5.32 Å². The standard InChI is InChI=1S/C16H22N2O3/c1-12(8-13(2)19)11-18-16(20)10-14-4-3-5-15(9-14)21-7-6-17/h3-5,9,12-13,19H,7-8,10-11H2,1-2H3,(H,18,20). The summed E-state index contributed by atoms with van der Waals surface area (Å²) in [5.74, 6) is 0.758. The van der Waals surface area contributed by atoms with Crippen molar-refractivity contribution in [2.45, 2.75) is 32.8 Å². The number of nitrogens with zero attached hydrogens (tertiary/aromatic N) is 1. The minimum absolute atomic E-state index is 0.00743. The summed E-state index contributed by atoms with van der Waals surface area (Å²) in [5, 5.41) is 20.6. The van der Waals surface area contributed by atoms with Gasteiger partial charge < -0.3 is 15.2 Å². The van der Waals surface area contributed by atoms with E-state index < -0.39 is 0 Å². The maximum atomic E-state index is 11.9. The molecule has 0 radical (unpaired) electrons. The van der Waals surface area contributed by atoms with Gasteiger partial charge in [0.25, 0.3) is 0 Å². The summed E-state index contributed by atoms with van der Waals surface area (Å²) in [4.78, 5) is 11.9. The number of nitriles is 1. The van der Waals surface area contributed by atoms with Gasteiger partial charge in [0.2, 0.25) is 5.91 Å². The van der Waals surface area contributed by atoms with Crippen molar-refractivity contribution in [1.82, 2.24) is 5.32 Å². The fraction of sp³-hybridized carbons (Fsp3) is 0.500. The lowest BCUT2D eigenvalue weighted by atomic mass is 10.0. The van der Waals surface area contributed by atoms with E-state index in [0.717, 1.165) is 5.56 Å². The predicted molar refractivity (Wildman–Crippen MR) is 79.7 cm³/mol. The molecule has 1 amide bonds. The molecule has 0 spiro atoms. The van der Waals surface area contributed by atoms with Gasteiger partial charge in [-0.1, -0.05) is 19.1 Å². The quantitative estimate of drug-likeness (QED) is 0.762. The lowest BCUT2D eigenvalue weighted by Gasteiger charge is -2.14. The van der Waals surface area contributed by atoms with Crippen LogP contribution in [-0.4, -0.2) is 30.3 Å². The highest BCUT2D eigenvalue weighted by molar-refractivity contribution is 5.78. The molecule has 1 rings (SSSR count). The number of benzene rings is 1. The van der Waals surface area contributed by atoms with Crippen LogP contribution in [0.3, 0.4) is 0 Å². The van der Waals surface area contributed by atoms with Crippen molar-refractivity contribution in [3.8, 4) is 11.8 Å². The third kappa shape index (κ3) is 7.33. The molecule has 0 aliphatic rings. The summed E-state index contributed by atoms with van der Waals surface area (Å²) in [6.45, 7) is 4.27. The number of rotatable bonds is 8.